The molecule has 0 spiro atoms. The Labute approximate surface area is 112 Å². The third-order valence-electron chi connectivity index (χ3n) is 3.38. The second-order valence-electron chi connectivity index (χ2n) is 4.56. The molecule has 98 valence electrons. The van der Waals surface area contributed by atoms with Gasteiger partial charge in [-0.3, -0.25) is 4.90 Å². The Bertz CT molecular complexity index is 442. The van der Waals surface area contributed by atoms with Crippen molar-refractivity contribution in [3.63, 3.8) is 0 Å². The van der Waals surface area contributed by atoms with Crippen LogP contribution in [-0.2, 0) is 0 Å². The van der Waals surface area contributed by atoms with Gasteiger partial charge >= 0.3 is 0 Å². The summed E-state index contributed by atoms with van der Waals surface area (Å²) in [6, 6.07) is 3.04. The highest BCUT2D eigenvalue weighted by Crippen LogP contribution is 2.33. The van der Waals surface area contributed by atoms with E-state index in [-0.39, 0.29) is 11.9 Å². The van der Waals surface area contributed by atoms with Gasteiger partial charge in [0.15, 0.2) is 0 Å². The van der Waals surface area contributed by atoms with E-state index in [1.165, 1.54) is 6.07 Å². The molecule has 18 heavy (non-hydrogen) atoms. The number of hydrogen-bond acceptors (Lipinski definition) is 2. The third-order valence-corrected chi connectivity index (χ3v) is 3.89. The van der Waals surface area contributed by atoms with Crippen LogP contribution in [0.25, 0.3) is 0 Å². The molecule has 1 aromatic carbocycles. The maximum absolute atomic E-state index is 14.0. The Morgan fingerprint density at radius 1 is 1.44 bits per heavy atom. The van der Waals surface area contributed by atoms with Crippen LogP contribution in [0.1, 0.15) is 17.2 Å². The average molecular weight is 269 g/mol. The van der Waals surface area contributed by atoms with Crippen molar-refractivity contribution in [2.45, 2.75) is 13.0 Å². The Morgan fingerprint density at radius 2 is 2.11 bits per heavy atom. The van der Waals surface area contributed by atoms with Gasteiger partial charge < -0.3 is 5.32 Å². The molecule has 0 aromatic heterocycles. The molecule has 1 aliphatic heterocycles. The van der Waals surface area contributed by atoms with Crippen LogP contribution in [0.15, 0.2) is 24.8 Å². The number of rotatable bonds is 3. The first-order valence-corrected chi connectivity index (χ1v) is 6.54. The van der Waals surface area contributed by atoms with Crippen LogP contribution in [0.3, 0.4) is 0 Å². The molecule has 1 aromatic rings. The van der Waals surface area contributed by atoms with Crippen LogP contribution < -0.4 is 5.32 Å². The molecule has 4 heteroatoms. The molecule has 0 saturated carbocycles. The standard InChI is InChI=1S/C14H18ClFN2/c1-3-12(18-8-6-17-7-9-18)13-11(16)5-4-10(2)14(13)15/h3-5,12,17H,1,6-9H2,2H3/t12-/m1/s1. The van der Waals surface area contributed by atoms with Crippen LogP contribution in [0, 0.1) is 12.7 Å². The quantitative estimate of drug-likeness (QED) is 0.848. The van der Waals surface area contributed by atoms with Crippen molar-refractivity contribution in [3.8, 4) is 0 Å². The molecular formula is C14H18ClFN2. The minimum absolute atomic E-state index is 0.153. The Hall–Kier alpha value is -0.900. The number of hydrogen-bond donors (Lipinski definition) is 1. The summed E-state index contributed by atoms with van der Waals surface area (Å²) in [5.41, 5.74) is 1.45. The molecule has 1 aliphatic rings. The first-order valence-electron chi connectivity index (χ1n) is 6.17. The van der Waals surface area contributed by atoms with Crippen molar-refractivity contribution in [2.75, 3.05) is 26.2 Å². The first-order chi connectivity index (χ1) is 8.65. The predicted molar refractivity (Wildman–Crippen MR) is 73.5 cm³/mol. The zero-order chi connectivity index (χ0) is 13.1. The fourth-order valence-corrected chi connectivity index (χ4v) is 2.62. The predicted octanol–water partition coefficient (Wildman–Crippen LogP) is 2.92. The smallest absolute Gasteiger partial charge is 0.129 e. The molecule has 0 aliphatic carbocycles. The van der Waals surface area contributed by atoms with Crippen molar-refractivity contribution in [2.24, 2.45) is 0 Å². The molecule has 2 nitrogen and oxygen atoms in total. The van der Waals surface area contributed by atoms with Gasteiger partial charge in [-0.05, 0) is 18.6 Å². The maximum Gasteiger partial charge on any atom is 0.129 e. The SMILES string of the molecule is C=C[C@H](c1c(F)ccc(C)c1Cl)N1CCNCC1. The number of halogens is 2. The Kier molecular flexibility index (Phi) is 4.38. The molecule has 1 atom stereocenters. The van der Waals surface area contributed by atoms with Crippen LogP contribution in [0.4, 0.5) is 4.39 Å². The number of piperazine rings is 1. The van der Waals surface area contributed by atoms with Crippen molar-refractivity contribution in [1.29, 1.82) is 0 Å². The lowest BCUT2D eigenvalue weighted by Crippen LogP contribution is -2.44. The second kappa shape index (κ2) is 5.83. The first kappa shape index (κ1) is 13.5. The van der Waals surface area contributed by atoms with Crippen molar-refractivity contribution in [3.05, 3.63) is 46.8 Å². The summed E-state index contributed by atoms with van der Waals surface area (Å²) < 4.78 is 14.0. The molecule has 1 saturated heterocycles. The summed E-state index contributed by atoms with van der Waals surface area (Å²) in [6.45, 7) is 9.30. The highest BCUT2D eigenvalue weighted by Gasteiger charge is 2.24. The number of nitrogens with one attached hydrogen (secondary N) is 1. The molecule has 1 heterocycles. The molecule has 0 unspecified atom stereocenters. The number of benzene rings is 1. The van der Waals surface area contributed by atoms with Gasteiger partial charge in [0.1, 0.15) is 5.82 Å². The summed E-state index contributed by atoms with van der Waals surface area (Å²) in [6.07, 6.45) is 1.77. The fraction of sp³-hybridized carbons (Fsp3) is 0.429. The van der Waals surface area contributed by atoms with E-state index in [4.69, 9.17) is 11.6 Å². The topological polar surface area (TPSA) is 15.3 Å². The zero-order valence-electron chi connectivity index (χ0n) is 10.5. The molecule has 0 radical (unpaired) electrons. The molecule has 2 rings (SSSR count). The van der Waals surface area contributed by atoms with E-state index in [2.05, 4.69) is 16.8 Å². The summed E-state index contributed by atoms with van der Waals surface area (Å²) in [7, 11) is 0. The van der Waals surface area contributed by atoms with E-state index in [0.29, 0.717) is 10.6 Å². The molecule has 0 amide bonds. The monoisotopic (exact) mass is 268 g/mol. The fourth-order valence-electron chi connectivity index (χ4n) is 2.36. The summed E-state index contributed by atoms with van der Waals surface area (Å²) >= 11 is 6.26. The normalized spacial score (nSPS) is 18.6. The van der Waals surface area contributed by atoms with Crippen LogP contribution in [0.2, 0.25) is 5.02 Å². The lowest BCUT2D eigenvalue weighted by atomic mass is 10.0. The lowest BCUT2D eigenvalue weighted by Gasteiger charge is -2.34. The van der Waals surface area contributed by atoms with Crippen LogP contribution in [-0.4, -0.2) is 31.1 Å². The summed E-state index contributed by atoms with van der Waals surface area (Å²) in [5, 5.41) is 3.80. The van der Waals surface area contributed by atoms with Gasteiger partial charge in [-0.1, -0.05) is 23.7 Å². The average Bonchev–Trinajstić information content (AvgIpc) is 2.40. The van der Waals surface area contributed by atoms with Crippen LogP contribution >= 0.6 is 11.6 Å². The minimum atomic E-state index is -0.256. The largest absolute Gasteiger partial charge is 0.314 e. The Balaban J connectivity index is 2.37. The van der Waals surface area contributed by atoms with Gasteiger partial charge in [0.25, 0.3) is 0 Å². The van der Waals surface area contributed by atoms with Gasteiger partial charge in [-0.25, -0.2) is 4.39 Å². The van der Waals surface area contributed by atoms with E-state index in [1.54, 1.807) is 12.1 Å². The summed E-state index contributed by atoms with van der Waals surface area (Å²) in [4.78, 5) is 2.20. The lowest BCUT2D eigenvalue weighted by molar-refractivity contribution is 0.200. The molecule has 0 bridgehead atoms. The van der Waals surface area contributed by atoms with Crippen molar-refractivity contribution < 1.29 is 4.39 Å². The van der Waals surface area contributed by atoms with Crippen molar-refractivity contribution >= 4 is 11.6 Å². The van der Waals surface area contributed by atoms with E-state index < -0.39 is 0 Å². The van der Waals surface area contributed by atoms with Crippen molar-refractivity contribution in [1.82, 2.24) is 10.2 Å². The van der Waals surface area contributed by atoms with Gasteiger partial charge in [0.05, 0.1) is 11.1 Å². The van der Waals surface area contributed by atoms with Gasteiger partial charge in [-0.15, -0.1) is 6.58 Å². The third kappa shape index (κ3) is 2.58. The second-order valence-corrected chi connectivity index (χ2v) is 4.94. The zero-order valence-corrected chi connectivity index (χ0v) is 11.3. The van der Waals surface area contributed by atoms with E-state index in [0.717, 1.165) is 31.7 Å². The van der Waals surface area contributed by atoms with Gasteiger partial charge in [-0.2, -0.15) is 0 Å². The van der Waals surface area contributed by atoms with Gasteiger partial charge in [0, 0.05) is 31.7 Å². The molecular weight excluding hydrogens is 251 g/mol. The van der Waals surface area contributed by atoms with Gasteiger partial charge in [0.2, 0.25) is 0 Å². The van der Waals surface area contributed by atoms with E-state index in [1.807, 2.05) is 6.92 Å². The highest BCUT2D eigenvalue weighted by atomic mass is 35.5. The molecule has 1 fully saturated rings. The highest BCUT2D eigenvalue weighted by molar-refractivity contribution is 6.32. The molecule has 1 N–H and O–H groups in total. The maximum atomic E-state index is 14.0. The number of nitrogens with zero attached hydrogens (tertiary/aromatic N) is 1. The van der Waals surface area contributed by atoms with Crippen LogP contribution in [0.5, 0.6) is 0 Å². The Morgan fingerprint density at radius 3 is 2.72 bits per heavy atom. The number of aryl methyl sites for hydroxylation is 1. The van der Waals surface area contributed by atoms with E-state index >= 15 is 0 Å². The van der Waals surface area contributed by atoms with E-state index in [9.17, 15) is 4.39 Å². The minimum Gasteiger partial charge on any atom is -0.314 e. The summed E-state index contributed by atoms with van der Waals surface area (Å²) in [5.74, 6) is -0.256.